The van der Waals surface area contributed by atoms with Crippen LogP contribution in [-0.4, -0.2) is 20.9 Å². The molecule has 0 aliphatic rings. The van der Waals surface area contributed by atoms with Gasteiger partial charge in [0.05, 0.1) is 23.2 Å². The van der Waals surface area contributed by atoms with Gasteiger partial charge in [-0.15, -0.1) is 0 Å². The van der Waals surface area contributed by atoms with E-state index in [1.807, 2.05) is 0 Å². The Morgan fingerprint density at radius 2 is 2.19 bits per heavy atom. The van der Waals surface area contributed by atoms with Crippen molar-refractivity contribution in [3.8, 4) is 0 Å². The number of hydrogen-bond acceptors (Lipinski definition) is 2. The van der Waals surface area contributed by atoms with E-state index in [1.54, 1.807) is 0 Å². The number of carboxylic acids is 1. The first-order valence-electron chi connectivity index (χ1n) is 4.58. The highest BCUT2D eigenvalue weighted by atomic mass is 35.5. The minimum Gasteiger partial charge on any atom is -0.481 e. The molecule has 1 heterocycles. The zero-order chi connectivity index (χ0) is 12.5. The van der Waals surface area contributed by atoms with E-state index in [0.717, 1.165) is 4.68 Å². The SMILES string of the molecule is Cc1nn(C[C@H](C)C(=O)O)c(C(F)F)c1Cl. The molecule has 1 N–H and O–H groups in total. The number of halogens is 3. The number of aliphatic carboxylic acids is 1. The second-order valence-electron chi connectivity index (χ2n) is 3.51. The van der Waals surface area contributed by atoms with E-state index in [9.17, 15) is 13.6 Å². The van der Waals surface area contributed by atoms with Crippen LogP contribution < -0.4 is 0 Å². The summed E-state index contributed by atoms with van der Waals surface area (Å²) in [6, 6.07) is 0. The van der Waals surface area contributed by atoms with Crippen molar-refractivity contribution >= 4 is 17.6 Å². The van der Waals surface area contributed by atoms with E-state index < -0.39 is 24.0 Å². The number of aryl methyl sites for hydroxylation is 1. The van der Waals surface area contributed by atoms with E-state index in [-0.39, 0.29) is 17.3 Å². The molecule has 0 aromatic carbocycles. The van der Waals surface area contributed by atoms with Crippen LogP contribution in [0, 0.1) is 12.8 Å². The summed E-state index contributed by atoms with van der Waals surface area (Å²) in [7, 11) is 0. The predicted octanol–water partition coefficient (Wildman–Crippen LogP) is 2.50. The molecular formula is C9H11ClF2N2O2. The molecule has 0 saturated heterocycles. The first kappa shape index (κ1) is 12.9. The van der Waals surface area contributed by atoms with Gasteiger partial charge in [-0.2, -0.15) is 5.10 Å². The molecule has 1 aromatic rings. The molecule has 4 nitrogen and oxygen atoms in total. The zero-order valence-electron chi connectivity index (χ0n) is 8.75. The summed E-state index contributed by atoms with van der Waals surface area (Å²) < 4.78 is 26.3. The Kier molecular flexibility index (Phi) is 3.85. The largest absolute Gasteiger partial charge is 0.481 e. The van der Waals surface area contributed by atoms with Crippen molar-refractivity contribution < 1.29 is 18.7 Å². The van der Waals surface area contributed by atoms with Crippen molar-refractivity contribution in [3.63, 3.8) is 0 Å². The van der Waals surface area contributed by atoms with Crippen molar-refractivity contribution in [2.45, 2.75) is 26.8 Å². The fourth-order valence-electron chi connectivity index (χ4n) is 1.26. The number of nitrogens with zero attached hydrogens (tertiary/aromatic N) is 2. The molecule has 7 heteroatoms. The van der Waals surface area contributed by atoms with E-state index >= 15 is 0 Å². The number of hydrogen-bond donors (Lipinski definition) is 1. The third-order valence-electron chi connectivity index (χ3n) is 2.17. The Morgan fingerprint density at radius 3 is 2.62 bits per heavy atom. The maximum atomic E-state index is 12.7. The van der Waals surface area contributed by atoms with Gasteiger partial charge in [0.2, 0.25) is 0 Å². The highest BCUT2D eigenvalue weighted by Crippen LogP contribution is 2.29. The Hall–Kier alpha value is -1.17. The van der Waals surface area contributed by atoms with Crippen LogP contribution in [-0.2, 0) is 11.3 Å². The summed E-state index contributed by atoms with van der Waals surface area (Å²) >= 11 is 5.66. The van der Waals surface area contributed by atoms with Crippen molar-refractivity contribution in [3.05, 3.63) is 16.4 Å². The maximum absolute atomic E-state index is 12.7. The Balaban J connectivity index is 3.04. The van der Waals surface area contributed by atoms with Gasteiger partial charge in [0.25, 0.3) is 6.43 Å². The quantitative estimate of drug-likeness (QED) is 0.896. The van der Waals surface area contributed by atoms with Gasteiger partial charge < -0.3 is 5.11 Å². The molecule has 0 amide bonds. The van der Waals surface area contributed by atoms with Gasteiger partial charge in [-0.25, -0.2) is 8.78 Å². The van der Waals surface area contributed by atoms with E-state index in [4.69, 9.17) is 16.7 Å². The highest BCUT2D eigenvalue weighted by Gasteiger charge is 2.24. The van der Waals surface area contributed by atoms with Gasteiger partial charge in [-0.05, 0) is 6.92 Å². The molecule has 0 saturated carbocycles. The van der Waals surface area contributed by atoms with Crippen LogP contribution in [0.1, 0.15) is 24.7 Å². The minimum absolute atomic E-state index is 0.104. The molecule has 0 aliphatic carbocycles. The fourth-order valence-corrected chi connectivity index (χ4v) is 1.48. The summed E-state index contributed by atoms with van der Waals surface area (Å²) in [6.45, 7) is 2.79. The molecule has 0 bridgehead atoms. The van der Waals surface area contributed by atoms with Crippen molar-refractivity contribution in [1.82, 2.24) is 9.78 Å². The standard InChI is InChI=1S/C9H11ClF2N2O2/c1-4(9(15)16)3-14-7(8(11)12)6(10)5(2)13-14/h4,8H,3H2,1-2H3,(H,15,16)/t4-/m0/s1. The smallest absolute Gasteiger partial charge is 0.308 e. The number of carbonyl (C=O) groups is 1. The summed E-state index contributed by atoms with van der Waals surface area (Å²) in [6.07, 6.45) is -2.77. The number of rotatable bonds is 4. The van der Waals surface area contributed by atoms with Crippen LogP contribution in [0.3, 0.4) is 0 Å². The summed E-state index contributed by atoms with van der Waals surface area (Å²) in [5, 5.41) is 12.4. The van der Waals surface area contributed by atoms with E-state index in [2.05, 4.69) is 5.10 Å². The lowest BCUT2D eigenvalue weighted by atomic mass is 10.2. The Bertz CT molecular complexity index is 406. The molecule has 16 heavy (non-hydrogen) atoms. The van der Waals surface area contributed by atoms with Crippen LogP contribution in [0.15, 0.2) is 0 Å². The first-order chi connectivity index (χ1) is 7.34. The predicted molar refractivity (Wildman–Crippen MR) is 53.7 cm³/mol. The van der Waals surface area contributed by atoms with Crippen LogP contribution in [0.4, 0.5) is 8.78 Å². The molecule has 0 radical (unpaired) electrons. The van der Waals surface area contributed by atoms with Crippen molar-refractivity contribution in [1.29, 1.82) is 0 Å². The van der Waals surface area contributed by atoms with Gasteiger partial charge in [-0.3, -0.25) is 9.48 Å². The van der Waals surface area contributed by atoms with E-state index in [1.165, 1.54) is 13.8 Å². The lowest BCUT2D eigenvalue weighted by Gasteiger charge is -2.09. The topological polar surface area (TPSA) is 55.1 Å². The third-order valence-corrected chi connectivity index (χ3v) is 2.63. The minimum atomic E-state index is -2.77. The molecule has 1 atom stereocenters. The molecule has 0 spiro atoms. The lowest BCUT2D eigenvalue weighted by molar-refractivity contribution is -0.141. The molecule has 90 valence electrons. The Morgan fingerprint density at radius 1 is 1.62 bits per heavy atom. The monoisotopic (exact) mass is 252 g/mol. The zero-order valence-corrected chi connectivity index (χ0v) is 9.50. The van der Waals surface area contributed by atoms with Gasteiger partial charge in [0, 0.05) is 0 Å². The number of alkyl halides is 2. The average molecular weight is 253 g/mol. The second-order valence-corrected chi connectivity index (χ2v) is 3.88. The highest BCUT2D eigenvalue weighted by molar-refractivity contribution is 6.31. The Labute approximate surface area is 95.8 Å². The fraction of sp³-hybridized carbons (Fsp3) is 0.556. The van der Waals surface area contributed by atoms with Gasteiger partial charge in [0.15, 0.2) is 0 Å². The molecule has 0 fully saturated rings. The summed E-state index contributed by atoms with van der Waals surface area (Å²) in [5.74, 6) is -1.86. The number of aromatic nitrogens is 2. The van der Waals surface area contributed by atoms with Crippen LogP contribution in [0.2, 0.25) is 5.02 Å². The van der Waals surface area contributed by atoms with Crippen molar-refractivity contribution in [2.75, 3.05) is 0 Å². The molecule has 1 aromatic heterocycles. The molecule has 0 unspecified atom stereocenters. The van der Waals surface area contributed by atoms with Gasteiger partial charge in [-0.1, -0.05) is 18.5 Å². The van der Waals surface area contributed by atoms with Crippen LogP contribution in [0.25, 0.3) is 0 Å². The van der Waals surface area contributed by atoms with Crippen LogP contribution in [0.5, 0.6) is 0 Å². The summed E-state index contributed by atoms with van der Waals surface area (Å²) in [4.78, 5) is 10.6. The van der Waals surface area contributed by atoms with Gasteiger partial charge >= 0.3 is 5.97 Å². The number of carboxylic acid groups (broad SMARTS) is 1. The second kappa shape index (κ2) is 4.78. The van der Waals surface area contributed by atoms with Crippen molar-refractivity contribution in [2.24, 2.45) is 5.92 Å². The third kappa shape index (κ3) is 2.49. The van der Waals surface area contributed by atoms with Crippen LogP contribution >= 0.6 is 11.6 Å². The van der Waals surface area contributed by atoms with Gasteiger partial charge in [0.1, 0.15) is 5.69 Å². The normalized spacial score (nSPS) is 13.1. The maximum Gasteiger partial charge on any atom is 0.308 e. The van der Waals surface area contributed by atoms with E-state index in [0.29, 0.717) is 0 Å². The molecule has 1 rings (SSSR count). The summed E-state index contributed by atoms with van der Waals surface area (Å²) in [5.41, 5.74) is -0.151. The molecule has 0 aliphatic heterocycles. The first-order valence-corrected chi connectivity index (χ1v) is 4.96. The lowest BCUT2D eigenvalue weighted by Crippen LogP contribution is -2.19. The average Bonchev–Trinajstić information content (AvgIpc) is 2.42. The molecular weight excluding hydrogens is 242 g/mol.